The van der Waals surface area contributed by atoms with Crippen molar-refractivity contribution in [3.8, 4) is 0 Å². The predicted molar refractivity (Wildman–Crippen MR) is 78.4 cm³/mol. The van der Waals surface area contributed by atoms with Crippen LogP contribution in [0.1, 0.15) is 19.4 Å². The van der Waals surface area contributed by atoms with Gasteiger partial charge in [-0.15, -0.1) is 0 Å². The number of hydrogen-bond acceptors (Lipinski definition) is 2. The number of likely N-dealkylation sites (N-methyl/N-ethyl adjacent to an activating group) is 1. The molecule has 0 bridgehead atoms. The summed E-state index contributed by atoms with van der Waals surface area (Å²) in [5.41, 5.74) is 0.983. The summed E-state index contributed by atoms with van der Waals surface area (Å²) in [6, 6.07) is 8.35. The molecule has 0 N–H and O–H groups in total. The Hall–Kier alpha value is -1.06. The summed E-state index contributed by atoms with van der Waals surface area (Å²) in [6.45, 7) is 5.94. The third-order valence-corrected chi connectivity index (χ3v) is 4.19. The molecule has 2 rings (SSSR count). The first-order chi connectivity index (χ1) is 8.97. The number of benzene rings is 1. The Labute approximate surface area is 120 Å². The molecule has 2 unspecified atom stereocenters. The third-order valence-electron chi connectivity index (χ3n) is 3.96. The van der Waals surface area contributed by atoms with Crippen LogP contribution in [0.5, 0.6) is 0 Å². The van der Waals surface area contributed by atoms with Crippen LogP contribution in [-0.4, -0.2) is 47.9 Å². The first kappa shape index (κ1) is 14.4. The van der Waals surface area contributed by atoms with Crippen molar-refractivity contribution in [2.45, 2.75) is 32.4 Å². The Morgan fingerprint density at radius 2 is 1.95 bits per heavy atom. The van der Waals surface area contributed by atoms with E-state index in [2.05, 4.69) is 25.8 Å². The number of carbonyl (C=O) groups excluding carboxylic acids is 1. The smallest absolute Gasteiger partial charge is 0.227 e. The first-order valence-corrected chi connectivity index (χ1v) is 7.09. The summed E-state index contributed by atoms with van der Waals surface area (Å²) in [5.74, 6) is 0.189. The molecule has 1 aromatic rings. The summed E-state index contributed by atoms with van der Waals surface area (Å²) < 4.78 is 0. The second kappa shape index (κ2) is 5.93. The van der Waals surface area contributed by atoms with E-state index in [0.29, 0.717) is 23.5 Å². The van der Waals surface area contributed by atoms with Gasteiger partial charge in [-0.25, -0.2) is 0 Å². The Morgan fingerprint density at radius 1 is 1.32 bits per heavy atom. The van der Waals surface area contributed by atoms with Gasteiger partial charge in [-0.1, -0.05) is 23.7 Å². The maximum absolute atomic E-state index is 12.3. The van der Waals surface area contributed by atoms with Crippen LogP contribution in [0.15, 0.2) is 24.3 Å². The molecule has 0 saturated carbocycles. The summed E-state index contributed by atoms with van der Waals surface area (Å²) in [5, 5.41) is 0.686. The van der Waals surface area contributed by atoms with E-state index in [9.17, 15) is 4.79 Å². The SMILES string of the molecule is CC1CN(C(=O)Cc2cccc(Cl)c2)CC(C)N1C. The minimum absolute atomic E-state index is 0.189. The second-order valence-corrected chi connectivity index (χ2v) is 5.91. The number of hydrogen-bond donors (Lipinski definition) is 0. The number of piperazine rings is 1. The van der Waals surface area contributed by atoms with Crippen LogP contribution in [0.25, 0.3) is 0 Å². The van der Waals surface area contributed by atoms with Gasteiger partial charge >= 0.3 is 0 Å². The predicted octanol–water partition coefficient (Wildman–Crippen LogP) is 2.43. The highest BCUT2D eigenvalue weighted by Crippen LogP contribution is 2.16. The van der Waals surface area contributed by atoms with Gasteiger partial charge < -0.3 is 4.90 Å². The Kier molecular flexibility index (Phi) is 4.48. The fraction of sp³-hybridized carbons (Fsp3) is 0.533. The quantitative estimate of drug-likeness (QED) is 0.831. The molecule has 19 heavy (non-hydrogen) atoms. The summed E-state index contributed by atoms with van der Waals surface area (Å²) in [4.78, 5) is 16.6. The second-order valence-electron chi connectivity index (χ2n) is 5.47. The molecule has 0 aliphatic carbocycles. The average molecular weight is 281 g/mol. The van der Waals surface area contributed by atoms with E-state index >= 15 is 0 Å². The number of rotatable bonds is 2. The van der Waals surface area contributed by atoms with Gasteiger partial charge in [-0.2, -0.15) is 0 Å². The van der Waals surface area contributed by atoms with Gasteiger partial charge in [-0.3, -0.25) is 9.69 Å². The zero-order chi connectivity index (χ0) is 14.0. The van der Waals surface area contributed by atoms with Gasteiger partial charge in [0.1, 0.15) is 0 Å². The number of nitrogens with zero attached hydrogens (tertiary/aromatic N) is 2. The molecule has 1 aliphatic heterocycles. The van der Waals surface area contributed by atoms with Crippen LogP contribution >= 0.6 is 11.6 Å². The van der Waals surface area contributed by atoms with Crippen molar-refractivity contribution in [1.82, 2.24) is 9.80 Å². The van der Waals surface area contributed by atoms with Crippen molar-refractivity contribution in [2.24, 2.45) is 0 Å². The topological polar surface area (TPSA) is 23.6 Å². The monoisotopic (exact) mass is 280 g/mol. The summed E-state index contributed by atoms with van der Waals surface area (Å²) in [6.07, 6.45) is 0.434. The van der Waals surface area contributed by atoms with Crippen molar-refractivity contribution >= 4 is 17.5 Å². The third kappa shape index (κ3) is 3.48. The van der Waals surface area contributed by atoms with Crippen molar-refractivity contribution in [1.29, 1.82) is 0 Å². The highest BCUT2D eigenvalue weighted by atomic mass is 35.5. The van der Waals surface area contributed by atoms with Crippen LogP contribution in [0.3, 0.4) is 0 Å². The highest BCUT2D eigenvalue weighted by molar-refractivity contribution is 6.30. The lowest BCUT2D eigenvalue weighted by atomic mass is 10.1. The molecule has 1 aliphatic rings. The molecule has 0 spiro atoms. The van der Waals surface area contributed by atoms with Crippen molar-refractivity contribution in [3.05, 3.63) is 34.9 Å². The zero-order valence-corrected chi connectivity index (χ0v) is 12.5. The van der Waals surface area contributed by atoms with Crippen LogP contribution in [0.2, 0.25) is 5.02 Å². The van der Waals surface area contributed by atoms with E-state index in [4.69, 9.17) is 11.6 Å². The molecule has 0 aromatic heterocycles. The zero-order valence-electron chi connectivity index (χ0n) is 11.8. The molecule has 1 heterocycles. The summed E-state index contributed by atoms with van der Waals surface area (Å²) in [7, 11) is 2.12. The first-order valence-electron chi connectivity index (χ1n) is 6.71. The molecule has 3 nitrogen and oxygen atoms in total. The Morgan fingerprint density at radius 3 is 2.53 bits per heavy atom. The molecule has 2 atom stereocenters. The van der Waals surface area contributed by atoms with E-state index in [-0.39, 0.29) is 5.91 Å². The van der Waals surface area contributed by atoms with E-state index in [1.54, 1.807) is 0 Å². The fourth-order valence-corrected chi connectivity index (χ4v) is 2.75. The van der Waals surface area contributed by atoms with Gasteiger partial charge in [0.2, 0.25) is 5.91 Å². The van der Waals surface area contributed by atoms with Gasteiger partial charge in [0.25, 0.3) is 0 Å². The van der Waals surface area contributed by atoms with E-state index < -0.39 is 0 Å². The van der Waals surface area contributed by atoms with Crippen LogP contribution < -0.4 is 0 Å². The van der Waals surface area contributed by atoms with E-state index in [1.165, 1.54) is 0 Å². The van der Waals surface area contributed by atoms with Crippen LogP contribution in [0, 0.1) is 0 Å². The minimum Gasteiger partial charge on any atom is -0.339 e. The molecule has 1 amide bonds. The van der Waals surface area contributed by atoms with Crippen molar-refractivity contribution < 1.29 is 4.79 Å². The number of halogens is 1. The van der Waals surface area contributed by atoms with Crippen LogP contribution in [0.4, 0.5) is 0 Å². The van der Waals surface area contributed by atoms with Gasteiger partial charge in [0.15, 0.2) is 0 Å². The van der Waals surface area contributed by atoms with Gasteiger partial charge in [-0.05, 0) is 38.6 Å². The molecule has 104 valence electrons. The average Bonchev–Trinajstić information content (AvgIpc) is 2.35. The van der Waals surface area contributed by atoms with E-state index in [1.807, 2.05) is 29.2 Å². The van der Waals surface area contributed by atoms with Crippen molar-refractivity contribution in [2.75, 3.05) is 20.1 Å². The maximum atomic E-state index is 12.3. The molecule has 1 fully saturated rings. The fourth-order valence-electron chi connectivity index (χ4n) is 2.54. The van der Waals surface area contributed by atoms with Gasteiger partial charge in [0, 0.05) is 30.2 Å². The normalized spacial score (nSPS) is 24.5. The molecule has 4 heteroatoms. The Balaban J connectivity index is 2.00. The number of amides is 1. The molecular formula is C15H21ClN2O. The lowest BCUT2D eigenvalue weighted by Gasteiger charge is -2.42. The lowest BCUT2D eigenvalue weighted by molar-refractivity contribution is -0.134. The maximum Gasteiger partial charge on any atom is 0.227 e. The minimum atomic E-state index is 0.189. The molecule has 1 saturated heterocycles. The Bertz CT molecular complexity index is 451. The van der Waals surface area contributed by atoms with Crippen molar-refractivity contribution in [3.63, 3.8) is 0 Å². The molecule has 0 radical (unpaired) electrons. The summed E-state index contributed by atoms with van der Waals surface area (Å²) >= 11 is 5.95. The molecular weight excluding hydrogens is 260 g/mol. The van der Waals surface area contributed by atoms with E-state index in [0.717, 1.165) is 18.7 Å². The van der Waals surface area contributed by atoms with Crippen LogP contribution in [-0.2, 0) is 11.2 Å². The molecule has 1 aromatic carbocycles. The number of carbonyl (C=O) groups is 1. The van der Waals surface area contributed by atoms with Gasteiger partial charge in [0.05, 0.1) is 6.42 Å². The highest BCUT2D eigenvalue weighted by Gasteiger charge is 2.29. The largest absolute Gasteiger partial charge is 0.339 e. The standard InChI is InChI=1S/C15H21ClN2O/c1-11-9-18(10-12(2)17(11)3)15(19)8-13-5-4-6-14(16)7-13/h4-7,11-12H,8-10H2,1-3H3. The lowest BCUT2D eigenvalue weighted by Crippen LogP contribution is -2.56.